The number of aromatic nitrogens is 2. The molecule has 0 bridgehead atoms. The third kappa shape index (κ3) is 3.42. The molecule has 7 rings (SSSR count). The van der Waals surface area contributed by atoms with Gasteiger partial charge in [-0.05, 0) is 64.7 Å². The van der Waals surface area contributed by atoms with Gasteiger partial charge in [0.25, 0.3) is 0 Å². The van der Waals surface area contributed by atoms with E-state index in [9.17, 15) is 5.26 Å². The minimum Gasteiger partial charge on any atom is -0.197 e. The molecule has 5 aromatic rings. The third-order valence-electron chi connectivity index (χ3n) is 8.23. The standard InChI is InChI=1S/C35H27N3/c1-2-27-31-21-26(25-11-9-10-24(20-25)22-36)16-17-30(31)33-14-5-7-18-37(33)23-32-28-12-3-4-13-29(28)34-15-6-8-19-38(34)35(27)32/h2-21,27,32,35H,1,23H2/q+2. The Hall–Kier alpha value is -4.81. The first-order valence-corrected chi connectivity index (χ1v) is 13.1. The number of rotatable bonds is 2. The van der Waals surface area contributed by atoms with E-state index in [0.29, 0.717) is 5.56 Å². The second-order valence-electron chi connectivity index (χ2n) is 10.2. The van der Waals surface area contributed by atoms with Crippen molar-refractivity contribution in [1.29, 1.82) is 5.26 Å². The van der Waals surface area contributed by atoms with E-state index in [4.69, 9.17) is 0 Å². The number of allylic oxidation sites excluding steroid dienone is 1. The van der Waals surface area contributed by atoms with Crippen molar-refractivity contribution in [2.24, 2.45) is 0 Å². The molecule has 3 nitrogen and oxygen atoms in total. The first-order chi connectivity index (χ1) is 18.8. The molecule has 0 saturated carbocycles. The van der Waals surface area contributed by atoms with Crippen molar-refractivity contribution in [3.05, 3.63) is 145 Å². The maximum atomic E-state index is 9.49. The van der Waals surface area contributed by atoms with Crippen molar-refractivity contribution >= 4 is 0 Å². The molecule has 0 aliphatic carbocycles. The van der Waals surface area contributed by atoms with Gasteiger partial charge in [-0.25, -0.2) is 0 Å². The summed E-state index contributed by atoms with van der Waals surface area (Å²) in [6.45, 7) is 5.28. The van der Waals surface area contributed by atoms with Crippen molar-refractivity contribution in [2.45, 2.75) is 24.4 Å². The SMILES string of the molecule is C=CC1c2cc(-c3cccc(C#N)c3)ccc2-c2cccc[n+]2CC2c3ccccc3-c3cccc[n+]3C12. The van der Waals surface area contributed by atoms with Crippen LogP contribution in [0.3, 0.4) is 0 Å². The van der Waals surface area contributed by atoms with Gasteiger partial charge >= 0.3 is 0 Å². The molecule has 2 aromatic heterocycles. The fraction of sp³-hybridized carbons (Fsp3) is 0.114. The molecule has 38 heavy (non-hydrogen) atoms. The molecular weight excluding hydrogens is 462 g/mol. The van der Waals surface area contributed by atoms with Crippen molar-refractivity contribution in [3.8, 4) is 39.7 Å². The Morgan fingerprint density at radius 1 is 0.737 bits per heavy atom. The Morgan fingerprint density at radius 2 is 1.50 bits per heavy atom. The smallest absolute Gasteiger partial charge is 0.197 e. The van der Waals surface area contributed by atoms with Gasteiger partial charge in [-0.3, -0.25) is 0 Å². The molecule has 2 aliphatic rings. The quantitative estimate of drug-likeness (QED) is 0.199. The summed E-state index contributed by atoms with van der Waals surface area (Å²) in [5.41, 5.74) is 10.5. The van der Waals surface area contributed by atoms with E-state index in [2.05, 4.69) is 125 Å². The average Bonchev–Trinajstić information content (AvgIpc) is 2.98. The summed E-state index contributed by atoms with van der Waals surface area (Å²) in [6, 6.07) is 38.9. The van der Waals surface area contributed by atoms with Crippen LogP contribution in [0.1, 0.15) is 34.6 Å². The Balaban J connectivity index is 1.52. The number of hydrogen-bond donors (Lipinski definition) is 0. The van der Waals surface area contributed by atoms with Crippen molar-refractivity contribution < 1.29 is 9.13 Å². The Morgan fingerprint density at radius 3 is 2.37 bits per heavy atom. The van der Waals surface area contributed by atoms with E-state index < -0.39 is 0 Å². The number of hydrogen-bond acceptors (Lipinski definition) is 1. The molecule has 0 spiro atoms. The fourth-order valence-electron chi connectivity index (χ4n) is 6.57. The summed E-state index contributed by atoms with van der Waals surface area (Å²) in [5, 5.41) is 9.49. The topological polar surface area (TPSA) is 31.5 Å². The molecule has 3 atom stereocenters. The maximum absolute atomic E-state index is 9.49. The van der Waals surface area contributed by atoms with Crippen LogP contribution in [-0.4, -0.2) is 0 Å². The minimum atomic E-state index is 0.0857. The molecule has 0 radical (unpaired) electrons. The van der Waals surface area contributed by atoms with Gasteiger partial charge in [-0.1, -0.05) is 42.5 Å². The molecule has 0 saturated heterocycles. The summed E-state index contributed by atoms with van der Waals surface area (Å²) in [6.07, 6.45) is 6.59. The van der Waals surface area contributed by atoms with Crippen molar-refractivity contribution in [1.82, 2.24) is 0 Å². The highest BCUT2D eigenvalue weighted by Crippen LogP contribution is 2.48. The molecule has 3 aromatic carbocycles. The van der Waals surface area contributed by atoms with Crippen LogP contribution < -0.4 is 9.13 Å². The number of nitrogens with zero attached hydrogens (tertiary/aromatic N) is 3. The van der Waals surface area contributed by atoms with Gasteiger partial charge in [0, 0.05) is 24.3 Å². The predicted molar refractivity (Wildman–Crippen MR) is 149 cm³/mol. The number of nitriles is 1. The van der Waals surface area contributed by atoms with Crippen LogP contribution in [0.25, 0.3) is 33.6 Å². The highest BCUT2D eigenvalue weighted by molar-refractivity contribution is 5.73. The third-order valence-corrected chi connectivity index (χ3v) is 8.23. The summed E-state index contributed by atoms with van der Waals surface area (Å²) in [4.78, 5) is 0. The van der Waals surface area contributed by atoms with Crippen LogP contribution in [-0.2, 0) is 6.54 Å². The normalized spacial score (nSPS) is 18.8. The molecule has 0 N–H and O–H groups in total. The Kier molecular flexibility index (Phi) is 5.27. The van der Waals surface area contributed by atoms with Gasteiger partial charge in [0.1, 0.15) is 5.92 Å². The van der Waals surface area contributed by atoms with E-state index in [-0.39, 0.29) is 17.9 Å². The summed E-state index contributed by atoms with van der Waals surface area (Å²) >= 11 is 0. The van der Waals surface area contributed by atoms with Crippen LogP contribution in [0.5, 0.6) is 0 Å². The Labute approximate surface area is 223 Å². The van der Waals surface area contributed by atoms with Crippen LogP contribution >= 0.6 is 0 Å². The van der Waals surface area contributed by atoms with E-state index in [1.807, 2.05) is 18.2 Å². The monoisotopic (exact) mass is 489 g/mol. The van der Waals surface area contributed by atoms with E-state index in [1.54, 1.807) is 0 Å². The first kappa shape index (κ1) is 22.4. The zero-order valence-electron chi connectivity index (χ0n) is 21.0. The largest absolute Gasteiger partial charge is 0.213 e. The molecule has 2 aliphatic heterocycles. The van der Waals surface area contributed by atoms with E-state index >= 15 is 0 Å². The maximum Gasteiger partial charge on any atom is 0.213 e. The highest BCUT2D eigenvalue weighted by Gasteiger charge is 2.48. The van der Waals surface area contributed by atoms with Crippen molar-refractivity contribution in [3.63, 3.8) is 0 Å². The van der Waals surface area contributed by atoms with Gasteiger partial charge in [-0.15, -0.1) is 6.58 Å². The number of benzene rings is 3. The van der Waals surface area contributed by atoms with E-state index in [1.165, 1.54) is 33.6 Å². The summed E-state index contributed by atoms with van der Waals surface area (Å²) in [5.74, 6) is 0.349. The summed E-state index contributed by atoms with van der Waals surface area (Å²) in [7, 11) is 0. The van der Waals surface area contributed by atoms with Gasteiger partial charge in [0.2, 0.25) is 11.4 Å². The zero-order valence-corrected chi connectivity index (χ0v) is 21.0. The average molecular weight is 490 g/mol. The minimum absolute atomic E-state index is 0.0857. The van der Waals surface area contributed by atoms with Gasteiger partial charge in [0.05, 0.1) is 28.7 Å². The Bertz CT molecular complexity index is 1760. The van der Waals surface area contributed by atoms with Crippen LogP contribution in [0.15, 0.2) is 128 Å². The molecule has 0 fully saturated rings. The lowest BCUT2D eigenvalue weighted by Gasteiger charge is -2.35. The van der Waals surface area contributed by atoms with Crippen LogP contribution in [0.2, 0.25) is 0 Å². The number of fused-ring (bicyclic) bond motifs is 9. The molecule has 0 amide bonds. The van der Waals surface area contributed by atoms with Crippen molar-refractivity contribution in [2.75, 3.05) is 0 Å². The lowest BCUT2D eigenvalue weighted by molar-refractivity contribution is -0.743. The second-order valence-corrected chi connectivity index (χ2v) is 10.2. The van der Waals surface area contributed by atoms with Gasteiger partial charge < -0.3 is 0 Å². The zero-order chi connectivity index (χ0) is 25.6. The lowest BCUT2D eigenvalue weighted by Crippen LogP contribution is -2.54. The van der Waals surface area contributed by atoms with E-state index in [0.717, 1.165) is 17.7 Å². The molecule has 4 heterocycles. The first-order valence-electron chi connectivity index (χ1n) is 13.1. The van der Waals surface area contributed by atoms with Gasteiger partial charge in [-0.2, -0.15) is 14.4 Å². The van der Waals surface area contributed by atoms with Crippen LogP contribution in [0, 0.1) is 11.3 Å². The lowest BCUT2D eigenvalue weighted by atomic mass is 9.73. The molecule has 180 valence electrons. The molecule has 3 unspecified atom stereocenters. The summed E-state index contributed by atoms with van der Waals surface area (Å²) < 4.78 is 4.89. The highest BCUT2D eigenvalue weighted by atomic mass is 15.1. The molecule has 3 heteroatoms. The van der Waals surface area contributed by atoms with Gasteiger partial charge in [0.15, 0.2) is 25.0 Å². The predicted octanol–water partition coefficient (Wildman–Crippen LogP) is 6.76. The van der Waals surface area contributed by atoms with Crippen LogP contribution in [0.4, 0.5) is 0 Å². The molecular formula is C35H27N3+2. The second kappa shape index (κ2) is 8.94. The fourth-order valence-corrected chi connectivity index (χ4v) is 6.57. The number of pyridine rings is 2.